The third kappa shape index (κ3) is 4.44. The van der Waals surface area contributed by atoms with Gasteiger partial charge in [0.2, 0.25) is 0 Å². The number of carbonyl (C=O) groups is 2. The summed E-state index contributed by atoms with van der Waals surface area (Å²) in [6.07, 6.45) is 4.44. The highest BCUT2D eigenvalue weighted by molar-refractivity contribution is 9.10. The SMILES string of the molecule is CC1=C(C(=O)OC[C@@H]2CCCO2)[C@@H](c2cccc(Br)c2)C2=C(C[C@@H](c3ccco3)CC2=O)N1. The van der Waals surface area contributed by atoms with Gasteiger partial charge in [0.15, 0.2) is 5.78 Å². The Morgan fingerprint density at radius 3 is 2.85 bits per heavy atom. The number of Topliss-reactive ketones (excluding diaryl/α,β-unsaturated/α-hetero) is 1. The predicted octanol–water partition coefficient (Wildman–Crippen LogP) is 5.13. The van der Waals surface area contributed by atoms with Gasteiger partial charge in [-0.15, -0.1) is 0 Å². The minimum atomic E-state index is -0.485. The lowest BCUT2D eigenvalue weighted by molar-refractivity contribution is -0.142. The van der Waals surface area contributed by atoms with E-state index in [1.54, 1.807) is 6.26 Å². The fourth-order valence-electron chi connectivity index (χ4n) is 5.08. The average molecular weight is 512 g/mol. The summed E-state index contributed by atoms with van der Waals surface area (Å²) in [5.74, 6) is -0.0948. The molecule has 3 atom stereocenters. The van der Waals surface area contributed by atoms with Crippen LogP contribution in [0.5, 0.6) is 0 Å². The van der Waals surface area contributed by atoms with Crippen molar-refractivity contribution in [2.24, 2.45) is 0 Å². The summed E-state index contributed by atoms with van der Waals surface area (Å²) in [5, 5.41) is 3.37. The van der Waals surface area contributed by atoms with Crippen molar-refractivity contribution in [2.75, 3.05) is 13.2 Å². The molecule has 0 saturated carbocycles. The number of hydrogen-bond acceptors (Lipinski definition) is 6. The molecule has 0 spiro atoms. The van der Waals surface area contributed by atoms with E-state index in [0.29, 0.717) is 36.3 Å². The quantitative estimate of drug-likeness (QED) is 0.560. The normalized spacial score (nSPS) is 25.2. The van der Waals surface area contributed by atoms with E-state index in [-0.39, 0.29) is 24.4 Å². The van der Waals surface area contributed by atoms with Gasteiger partial charge in [0.05, 0.1) is 17.9 Å². The third-order valence-corrected chi connectivity index (χ3v) is 7.09. The first-order valence-electron chi connectivity index (χ1n) is 11.3. The van der Waals surface area contributed by atoms with Gasteiger partial charge in [-0.1, -0.05) is 28.1 Å². The Labute approximate surface area is 201 Å². The van der Waals surface area contributed by atoms with E-state index in [4.69, 9.17) is 13.9 Å². The molecule has 3 aliphatic rings. The van der Waals surface area contributed by atoms with Gasteiger partial charge in [0.1, 0.15) is 12.4 Å². The summed E-state index contributed by atoms with van der Waals surface area (Å²) >= 11 is 3.54. The number of nitrogens with one attached hydrogen (secondary N) is 1. The van der Waals surface area contributed by atoms with Crippen molar-refractivity contribution >= 4 is 27.7 Å². The molecule has 6 nitrogen and oxygen atoms in total. The van der Waals surface area contributed by atoms with E-state index >= 15 is 0 Å². The average Bonchev–Trinajstić information content (AvgIpc) is 3.50. The number of ether oxygens (including phenoxy) is 2. The fourth-order valence-corrected chi connectivity index (χ4v) is 5.49. The molecule has 0 bridgehead atoms. The highest BCUT2D eigenvalue weighted by Crippen LogP contribution is 2.46. The standard InChI is InChI=1S/C26H26BrNO5/c1-15-23(26(30)33-14-19-7-3-9-31-19)24(16-5-2-6-18(27)11-16)25-20(28-15)12-17(13-21(25)29)22-8-4-10-32-22/h2,4-6,8,10-11,17,19,24,28H,3,7,9,12-14H2,1H3/t17-,19+,24-/m1/s1. The number of esters is 1. The smallest absolute Gasteiger partial charge is 0.336 e. The van der Waals surface area contributed by atoms with Gasteiger partial charge in [0, 0.05) is 46.3 Å². The van der Waals surface area contributed by atoms with Crippen LogP contribution in [0.2, 0.25) is 0 Å². The molecule has 2 aromatic rings. The van der Waals surface area contributed by atoms with Gasteiger partial charge in [-0.25, -0.2) is 4.79 Å². The van der Waals surface area contributed by atoms with E-state index < -0.39 is 11.9 Å². The van der Waals surface area contributed by atoms with Crippen LogP contribution in [0.4, 0.5) is 0 Å². The molecule has 3 heterocycles. The molecular formula is C26H26BrNO5. The first kappa shape index (κ1) is 22.2. The first-order valence-corrected chi connectivity index (χ1v) is 12.1. The number of ketones is 1. The lowest BCUT2D eigenvalue weighted by Gasteiger charge is -2.36. The van der Waals surface area contributed by atoms with Crippen LogP contribution in [-0.4, -0.2) is 31.1 Å². The Hall–Kier alpha value is -2.64. The van der Waals surface area contributed by atoms with Crippen molar-refractivity contribution in [3.05, 3.63) is 81.0 Å². The van der Waals surface area contributed by atoms with E-state index in [9.17, 15) is 9.59 Å². The molecule has 0 amide bonds. The van der Waals surface area contributed by atoms with Crippen molar-refractivity contribution in [2.45, 2.75) is 50.5 Å². The second kappa shape index (κ2) is 9.31. The Balaban J connectivity index is 1.50. The van der Waals surface area contributed by atoms with Crippen LogP contribution in [0, 0.1) is 0 Å². The summed E-state index contributed by atoms with van der Waals surface area (Å²) < 4.78 is 17.8. The Morgan fingerprint density at radius 2 is 2.12 bits per heavy atom. The minimum absolute atomic E-state index is 0.0204. The van der Waals surface area contributed by atoms with Crippen LogP contribution in [0.15, 0.2) is 74.1 Å². The van der Waals surface area contributed by atoms with Crippen LogP contribution in [0.25, 0.3) is 0 Å². The second-order valence-corrected chi connectivity index (χ2v) is 9.74. The van der Waals surface area contributed by atoms with Crippen molar-refractivity contribution in [3.8, 4) is 0 Å². The molecule has 172 valence electrons. The van der Waals surface area contributed by atoms with Gasteiger partial charge in [-0.3, -0.25) is 4.79 Å². The Bertz CT molecular complexity index is 1130. The third-order valence-electron chi connectivity index (χ3n) is 6.60. The molecule has 0 radical (unpaired) electrons. The largest absolute Gasteiger partial charge is 0.469 e. The number of rotatable bonds is 5. The highest BCUT2D eigenvalue weighted by Gasteiger charge is 2.42. The van der Waals surface area contributed by atoms with E-state index in [1.165, 1.54) is 0 Å². The first-order chi connectivity index (χ1) is 16.0. The number of benzene rings is 1. The molecule has 1 fully saturated rings. The molecule has 2 aliphatic heterocycles. The molecule has 5 rings (SSSR count). The number of hydrogen-bond donors (Lipinski definition) is 1. The summed E-state index contributed by atoms with van der Waals surface area (Å²) in [6.45, 7) is 2.80. The lowest BCUT2D eigenvalue weighted by Crippen LogP contribution is -2.36. The van der Waals surface area contributed by atoms with E-state index in [2.05, 4.69) is 21.2 Å². The highest BCUT2D eigenvalue weighted by atomic mass is 79.9. The zero-order valence-corrected chi connectivity index (χ0v) is 20.0. The van der Waals surface area contributed by atoms with E-state index in [1.807, 2.05) is 43.3 Å². The lowest BCUT2D eigenvalue weighted by atomic mass is 9.72. The van der Waals surface area contributed by atoms with Crippen LogP contribution in [0.3, 0.4) is 0 Å². The molecule has 1 N–H and O–H groups in total. The van der Waals surface area contributed by atoms with Crippen LogP contribution < -0.4 is 5.32 Å². The van der Waals surface area contributed by atoms with Crippen LogP contribution in [0.1, 0.15) is 55.8 Å². The maximum atomic E-state index is 13.5. The minimum Gasteiger partial charge on any atom is -0.469 e. The maximum absolute atomic E-state index is 13.5. The molecule has 1 aromatic carbocycles. The summed E-state index contributed by atoms with van der Waals surface area (Å²) in [5.41, 5.74) is 3.57. The Morgan fingerprint density at radius 1 is 1.24 bits per heavy atom. The number of furan rings is 1. The van der Waals surface area contributed by atoms with Crippen molar-refractivity contribution in [3.63, 3.8) is 0 Å². The number of carbonyl (C=O) groups excluding carboxylic acids is 2. The molecule has 1 saturated heterocycles. The molecule has 1 aliphatic carbocycles. The van der Waals surface area contributed by atoms with Gasteiger partial charge in [-0.2, -0.15) is 0 Å². The van der Waals surface area contributed by atoms with E-state index in [0.717, 1.165) is 34.3 Å². The second-order valence-electron chi connectivity index (χ2n) is 8.82. The van der Waals surface area contributed by atoms with Gasteiger partial charge in [0.25, 0.3) is 0 Å². The zero-order chi connectivity index (χ0) is 22.9. The van der Waals surface area contributed by atoms with Crippen LogP contribution in [-0.2, 0) is 19.1 Å². The van der Waals surface area contributed by atoms with Gasteiger partial charge in [-0.05, 0) is 56.0 Å². The number of allylic oxidation sites excluding steroid dienone is 3. The number of halogens is 1. The van der Waals surface area contributed by atoms with Crippen molar-refractivity contribution in [1.29, 1.82) is 0 Å². The molecule has 33 heavy (non-hydrogen) atoms. The van der Waals surface area contributed by atoms with Gasteiger partial charge < -0.3 is 19.2 Å². The molecule has 0 unspecified atom stereocenters. The topological polar surface area (TPSA) is 77.8 Å². The molecular weight excluding hydrogens is 486 g/mol. The fraction of sp³-hybridized carbons (Fsp3) is 0.385. The van der Waals surface area contributed by atoms with Crippen molar-refractivity contribution < 1.29 is 23.5 Å². The summed E-state index contributed by atoms with van der Waals surface area (Å²) in [6, 6.07) is 11.5. The monoisotopic (exact) mass is 511 g/mol. The maximum Gasteiger partial charge on any atom is 0.336 e. The number of dihydropyridines is 1. The van der Waals surface area contributed by atoms with Crippen LogP contribution >= 0.6 is 15.9 Å². The molecule has 1 aromatic heterocycles. The summed E-state index contributed by atoms with van der Waals surface area (Å²) in [4.78, 5) is 26.8. The van der Waals surface area contributed by atoms with Gasteiger partial charge >= 0.3 is 5.97 Å². The van der Waals surface area contributed by atoms with Crippen molar-refractivity contribution in [1.82, 2.24) is 5.32 Å². The Kier molecular flexibility index (Phi) is 6.25. The molecule has 7 heteroatoms. The zero-order valence-electron chi connectivity index (χ0n) is 18.4. The summed E-state index contributed by atoms with van der Waals surface area (Å²) in [7, 11) is 0. The predicted molar refractivity (Wildman–Crippen MR) is 125 cm³/mol.